The lowest BCUT2D eigenvalue weighted by Crippen LogP contribution is -2.57. The van der Waals surface area contributed by atoms with Crippen molar-refractivity contribution >= 4 is 23.9 Å². The third-order valence-electron chi connectivity index (χ3n) is 5.65. The monoisotopic (exact) mass is 521 g/mol. The molecule has 10 heteroatoms. The lowest BCUT2D eigenvalue weighted by atomic mass is 9.94. The molecule has 0 aliphatic rings. The number of ether oxygens (including phenoxy) is 2. The van der Waals surface area contributed by atoms with Crippen molar-refractivity contribution in [3.05, 3.63) is 29.8 Å². The van der Waals surface area contributed by atoms with E-state index in [-0.39, 0.29) is 36.8 Å². The van der Waals surface area contributed by atoms with Gasteiger partial charge >= 0.3 is 12.1 Å². The molecular weight excluding hydrogens is 478 g/mol. The Morgan fingerprint density at radius 3 is 2.19 bits per heavy atom. The Labute approximate surface area is 220 Å². The van der Waals surface area contributed by atoms with Crippen molar-refractivity contribution in [2.24, 2.45) is 5.92 Å². The number of carbonyl (C=O) groups is 4. The molecule has 0 saturated carbocycles. The fourth-order valence-electron chi connectivity index (χ4n) is 3.71. The smallest absolute Gasteiger partial charge is 0.408 e. The van der Waals surface area contributed by atoms with Gasteiger partial charge in [0.15, 0.2) is 0 Å². The zero-order valence-corrected chi connectivity index (χ0v) is 23.3. The second kappa shape index (κ2) is 14.4. The molecule has 0 aromatic heterocycles. The maximum absolute atomic E-state index is 14.0. The van der Waals surface area contributed by atoms with Crippen LogP contribution >= 0.6 is 0 Å². The zero-order valence-electron chi connectivity index (χ0n) is 23.3. The number of aromatic hydroxyl groups is 1. The number of phenolic OH excluding ortho intramolecular Hbond substituents is 1. The molecule has 0 spiro atoms. The van der Waals surface area contributed by atoms with E-state index in [1.807, 2.05) is 13.8 Å². The van der Waals surface area contributed by atoms with Gasteiger partial charge in [-0.2, -0.15) is 0 Å². The summed E-state index contributed by atoms with van der Waals surface area (Å²) in [6.07, 6.45) is -0.211. The van der Waals surface area contributed by atoms with Gasteiger partial charge in [-0.05, 0) is 53.5 Å². The van der Waals surface area contributed by atoms with E-state index in [9.17, 15) is 24.3 Å². The van der Waals surface area contributed by atoms with E-state index in [0.29, 0.717) is 6.42 Å². The molecule has 0 saturated heterocycles. The van der Waals surface area contributed by atoms with Crippen molar-refractivity contribution in [2.75, 3.05) is 13.2 Å². The van der Waals surface area contributed by atoms with Crippen LogP contribution < -0.4 is 10.6 Å². The summed E-state index contributed by atoms with van der Waals surface area (Å²) in [5.41, 5.74) is -0.541. The number of alkyl carbamates (subject to hydrolysis) is 1. The average Bonchev–Trinajstić information content (AvgIpc) is 2.79. The third-order valence-corrected chi connectivity index (χ3v) is 5.65. The van der Waals surface area contributed by atoms with Crippen molar-refractivity contribution in [3.8, 4) is 5.75 Å². The van der Waals surface area contributed by atoms with Gasteiger partial charge in [0.05, 0.1) is 13.0 Å². The molecule has 0 heterocycles. The van der Waals surface area contributed by atoms with Crippen LogP contribution in [0.25, 0.3) is 0 Å². The molecule has 1 aromatic carbocycles. The summed E-state index contributed by atoms with van der Waals surface area (Å²) in [7, 11) is 0. The fraction of sp³-hybridized carbons (Fsp3) is 0.630. The van der Waals surface area contributed by atoms with Gasteiger partial charge in [-0.15, -0.1) is 0 Å². The molecule has 3 N–H and O–H groups in total. The molecule has 1 rings (SSSR count). The number of para-hydroxylation sites is 1. The minimum Gasteiger partial charge on any atom is -0.508 e. The van der Waals surface area contributed by atoms with Gasteiger partial charge in [-0.25, -0.2) is 4.79 Å². The summed E-state index contributed by atoms with van der Waals surface area (Å²) in [5, 5.41) is 16.0. The molecule has 3 atom stereocenters. The largest absolute Gasteiger partial charge is 0.508 e. The van der Waals surface area contributed by atoms with Crippen molar-refractivity contribution in [3.63, 3.8) is 0 Å². The number of carbonyl (C=O) groups excluding carboxylic acids is 4. The first-order chi connectivity index (χ1) is 17.2. The predicted octanol–water partition coefficient (Wildman–Crippen LogP) is 3.68. The van der Waals surface area contributed by atoms with E-state index in [2.05, 4.69) is 10.6 Å². The molecule has 208 valence electrons. The van der Waals surface area contributed by atoms with Crippen molar-refractivity contribution < 1.29 is 33.8 Å². The van der Waals surface area contributed by atoms with Gasteiger partial charge in [0.25, 0.3) is 0 Å². The highest BCUT2D eigenvalue weighted by molar-refractivity contribution is 5.93. The topological polar surface area (TPSA) is 134 Å². The maximum Gasteiger partial charge on any atom is 0.408 e. The van der Waals surface area contributed by atoms with E-state index in [0.717, 1.165) is 0 Å². The van der Waals surface area contributed by atoms with Gasteiger partial charge in [0, 0.05) is 18.2 Å². The summed E-state index contributed by atoms with van der Waals surface area (Å²) in [5.74, 6) is -1.97. The number of nitrogens with one attached hydrogen (secondary N) is 2. The zero-order chi connectivity index (χ0) is 28.3. The van der Waals surface area contributed by atoms with Crippen LogP contribution in [0.4, 0.5) is 4.79 Å². The van der Waals surface area contributed by atoms with E-state index < -0.39 is 47.6 Å². The molecule has 3 unspecified atom stereocenters. The number of hydrogen-bond acceptors (Lipinski definition) is 7. The fourth-order valence-corrected chi connectivity index (χ4v) is 3.71. The van der Waals surface area contributed by atoms with Crippen molar-refractivity contribution in [2.45, 2.75) is 92.0 Å². The Kier molecular flexibility index (Phi) is 12.4. The molecule has 10 nitrogen and oxygen atoms in total. The number of phenols is 1. The Morgan fingerprint density at radius 2 is 1.68 bits per heavy atom. The highest BCUT2D eigenvalue weighted by atomic mass is 16.6. The Bertz CT molecular complexity index is 927. The molecule has 37 heavy (non-hydrogen) atoms. The molecule has 0 aliphatic carbocycles. The maximum atomic E-state index is 14.0. The molecule has 1 aromatic rings. The van der Waals surface area contributed by atoms with Crippen LogP contribution in [0.3, 0.4) is 0 Å². The van der Waals surface area contributed by atoms with Crippen molar-refractivity contribution in [1.82, 2.24) is 15.5 Å². The van der Waals surface area contributed by atoms with Gasteiger partial charge in [-0.1, -0.05) is 38.5 Å². The first-order valence-corrected chi connectivity index (χ1v) is 12.8. The second-order valence-corrected chi connectivity index (χ2v) is 10.2. The predicted molar refractivity (Wildman–Crippen MR) is 140 cm³/mol. The van der Waals surface area contributed by atoms with Gasteiger partial charge in [0.2, 0.25) is 11.8 Å². The summed E-state index contributed by atoms with van der Waals surface area (Å²) in [4.78, 5) is 53.2. The van der Waals surface area contributed by atoms with E-state index in [1.54, 1.807) is 59.7 Å². The molecule has 0 aliphatic heterocycles. The number of esters is 1. The lowest BCUT2D eigenvalue weighted by molar-refractivity contribution is -0.146. The normalized spacial score (nSPS) is 13.8. The van der Waals surface area contributed by atoms with Crippen LogP contribution in [0.1, 0.15) is 79.8 Å². The Morgan fingerprint density at radius 1 is 1.05 bits per heavy atom. The highest BCUT2D eigenvalue weighted by Crippen LogP contribution is 2.32. The van der Waals surface area contributed by atoms with E-state index in [1.165, 1.54) is 11.0 Å². The quantitative estimate of drug-likeness (QED) is 0.357. The molecule has 0 fully saturated rings. The van der Waals surface area contributed by atoms with Crippen LogP contribution in [0.5, 0.6) is 5.75 Å². The second-order valence-electron chi connectivity index (χ2n) is 10.2. The van der Waals surface area contributed by atoms with Crippen LogP contribution in [0.15, 0.2) is 24.3 Å². The third kappa shape index (κ3) is 9.93. The number of rotatable bonds is 12. The summed E-state index contributed by atoms with van der Waals surface area (Å²) in [6, 6.07) is 3.57. The number of hydrogen-bond donors (Lipinski definition) is 3. The number of nitrogens with zero attached hydrogens (tertiary/aromatic N) is 1. The first kappa shape index (κ1) is 31.7. The van der Waals surface area contributed by atoms with Crippen LogP contribution in [0.2, 0.25) is 0 Å². The minimum atomic E-state index is -1.22. The molecular formula is C27H43N3O7. The van der Waals surface area contributed by atoms with E-state index >= 15 is 0 Å². The number of benzene rings is 1. The van der Waals surface area contributed by atoms with Gasteiger partial charge in [-0.3, -0.25) is 14.4 Å². The molecule has 3 amide bonds. The molecule has 0 radical (unpaired) electrons. The Balaban J connectivity index is 3.41. The number of amides is 3. The van der Waals surface area contributed by atoms with Gasteiger partial charge in [0.1, 0.15) is 23.4 Å². The van der Waals surface area contributed by atoms with Crippen molar-refractivity contribution in [1.29, 1.82) is 0 Å². The highest BCUT2D eigenvalue weighted by Gasteiger charge is 2.40. The lowest BCUT2D eigenvalue weighted by Gasteiger charge is -2.38. The van der Waals surface area contributed by atoms with Crippen LogP contribution in [-0.4, -0.2) is 64.7 Å². The van der Waals surface area contributed by atoms with Crippen LogP contribution in [0, 0.1) is 5.92 Å². The Hall–Kier alpha value is -3.30. The first-order valence-electron chi connectivity index (χ1n) is 12.8. The minimum absolute atomic E-state index is 0.00711. The summed E-state index contributed by atoms with van der Waals surface area (Å²) >= 11 is 0. The van der Waals surface area contributed by atoms with Gasteiger partial charge < -0.3 is 30.1 Å². The SMILES string of the molecule is CCOC(=O)CCNC(=O)C(c1ccccc1O)N(C(=O)C(NC(=O)OC(C)(C)C)C(C)CC)C(C)C. The summed E-state index contributed by atoms with van der Waals surface area (Å²) in [6.45, 7) is 14.3. The average molecular weight is 522 g/mol. The van der Waals surface area contributed by atoms with Crippen LogP contribution in [-0.2, 0) is 23.9 Å². The standard InChI is InChI=1S/C27H43N3O7/c1-9-18(5)22(29-26(35)37-27(6,7)8)25(34)30(17(3)4)23(19-13-11-12-14-20(19)31)24(33)28-16-15-21(32)36-10-2/h11-14,17-18,22-23,31H,9-10,15-16H2,1-8H3,(H,28,33)(H,29,35). The molecule has 0 bridgehead atoms. The van der Waals surface area contributed by atoms with E-state index in [4.69, 9.17) is 9.47 Å². The summed E-state index contributed by atoms with van der Waals surface area (Å²) < 4.78 is 10.3.